The highest BCUT2D eigenvalue weighted by Gasteiger charge is 2.62. The molecule has 3 aliphatic rings. The molecule has 0 radical (unpaired) electrons. The predicted molar refractivity (Wildman–Crippen MR) is 207 cm³/mol. The molecule has 2 saturated carbocycles. The monoisotopic (exact) mass is 824 g/mol. The summed E-state index contributed by atoms with van der Waals surface area (Å²) in [7, 11) is -8.42. The molecule has 3 amide bonds. The second kappa shape index (κ2) is 14.6. The van der Waals surface area contributed by atoms with Crippen LogP contribution in [0.2, 0.25) is 0 Å². The molecule has 0 bridgehead atoms. The van der Waals surface area contributed by atoms with Crippen LogP contribution in [0.15, 0.2) is 83.6 Å². The molecule has 18 heteroatoms. The van der Waals surface area contributed by atoms with E-state index in [9.17, 15) is 35.6 Å². The van der Waals surface area contributed by atoms with Gasteiger partial charge in [0.05, 0.1) is 32.6 Å². The van der Waals surface area contributed by atoms with Gasteiger partial charge in [0.2, 0.25) is 37.7 Å². The van der Waals surface area contributed by atoms with Crippen LogP contribution in [0.3, 0.4) is 0 Å². The van der Waals surface area contributed by atoms with Crippen LogP contribution in [0.25, 0.3) is 21.6 Å². The van der Waals surface area contributed by atoms with Crippen molar-refractivity contribution in [1.29, 1.82) is 0 Å². The first-order chi connectivity index (χ1) is 26.4. The summed E-state index contributed by atoms with van der Waals surface area (Å²) < 4.78 is 77.8. The van der Waals surface area contributed by atoms with Crippen molar-refractivity contribution in [3.63, 3.8) is 0 Å². The molecule has 3 heterocycles. The molecular weight excluding hydrogens is 784 g/mol. The molecule has 2 aromatic carbocycles. The average molecular weight is 825 g/mol. The van der Waals surface area contributed by atoms with Crippen LogP contribution in [0.1, 0.15) is 46.5 Å². The molecular formula is C38H41FN6O8S3. The lowest BCUT2D eigenvalue weighted by molar-refractivity contribution is -0.142. The average Bonchev–Trinajstić information content (AvgIpc) is 4.02. The molecule has 5 atom stereocenters. The van der Waals surface area contributed by atoms with Crippen LogP contribution in [0, 0.1) is 17.2 Å². The van der Waals surface area contributed by atoms with E-state index in [2.05, 4.69) is 21.3 Å². The van der Waals surface area contributed by atoms with Crippen LogP contribution >= 0.6 is 11.3 Å². The summed E-state index contributed by atoms with van der Waals surface area (Å²) >= 11 is 1.42. The first-order valence-electron chi connectivity index (χ1n) is 18.0. The number of halogens is 1. The van der Waals surface area contributed by atoms with Gasteiger partial charge in [-0.05, 0) is 66.5 Å². The third-order valence-electron chi connectivity index (χ3n) is 10.2. The number of para-hydroxylation sites is 2. The number of sulfonamides is 2. The highest BCUT2D eigenvalue weighted by Crippen LogP contribution is 2.46. The summed E-state index contributed by atoms with van der Waals surface area (Å²) in [5.41, 5.74) is -1.11. The zero-order valence-electron chi connectivity index (χ0n) is 30.8. The van der Waals surface area contributed by atoms with E-state index >= 15 is 0 Å². The third-order valence-corrected chi connectivity index (χ3v) is 14.3. The molecule has 2 aromatic heterocycles. The van der Waals surface area contributed by atoms with Gasteiger partial charge in [-0.15, -0.1) is 17.9 Å². The normalized spacial score (nSPS) is 23.0. The van der Waals surface area contributed by atoms with Crippen LogP contribution < -0.4 is 19.5 Å². The number of amides is 3. The van der Waals surface area contributed by atoms with E-state index in [1.54, 1.807) is 32.9 Å². The molecule has 1 saturated heterocycles. The van der Waals surface area contributed by atoms with Gasteiger partial charge in [0.25, 0.3) is 5.91 Å². The maximum atomic E-state index is 14.7. The van der Waals surface area contributed by atoms with Crippen molar-refractivity contribution in [1.82, 2.24) is 29.6 Å². The topological polar surface area (TPSA) is 194 Å². The Kier molecular flexibility index (Phi) is 10.3. The molecule has 7 rings (SSSR count). The summed E-state index contributed by atoms with van der Waals surface area (Å²) in [6, 6.07) is 12.5. The number of fused-ring (bicyclic) bond motifs is 1. The van der Waals surface area contributed by atoms with Gasteiger partial charge in [-0.1, -0.05) is 51.1 Å². The van der Waals surface area contributed by atoms with Gasteiger partial charge in [-0.2, -0.15) is 4.72 Å². The zero-order valence-corrected chi connectivity index (χ0v) is 33.2. The van der Waals surface area contributed by atoms with Crippen molar-refractivity contribution in [2.45, 2.75) is 80.3 Å². The van der Waals surface area contributed by atoms with Crippen LogP contribution in [0.5, 0.6) is 5.88 Å². The number of thiophene rings is 1. The molecule has 1 aliphatic heterocycles. The van der Waals surface area contributed by atoms with Crippen molar-refractivity contribution < 1.29 is 40.3 Å². The van der Waals surface area contributed by atoms with Gasteiger partial charge in [-0.25, -0.2) is 31.2 Å². The summed E-state index contributed by atoms with van der Waals surface area (Å²) in [4.78, 5) is 53.8. The van der Waals surface area contributed by atoms with E-state index in [1.165, 1.54) is 34.4 Å². The smallest absolute Gasteiger partial charge is 0.259 e. The lowest BCUT2D eigenvalue weighted by Crippen LogP contribution is -2.60. The summed E-state index contributed by atoms with van der Waals surface area (Å²) in [5.74, 6) is -3.70. The van der Waals surface area contributed by atoms with E-state index in [-0.39, 0.29) is 25.3 Å². The second-order valence-electron chi connectivity index (χ2n) is 15.4. The van der Waals surface area contributed by atoms with E-state index in [0.717, 1.165) is 17.0 Å². The van der Waals surface area contributed by atoms with Crippen LogP contribution in [-0.4, -0.2) is 84.9 Å². The summed E-state index contributed by atoms with van der Waals surface area (Å²) in [6.45, 7) is 8.46. The summed E-state index contributed by atoms with van der Waals surface area (Å²) in [6.07, 6.45) is 1.37. The highest BCUT2D eigenvalue weighted by atomic mass is 32.2. The first kappa shape index (κ1) is 39.5. The Hall–Kier alpha value is -4.78. The quantitative estimate of drug-likeness (QED) is 0.167. The first-order valence-corrected chi connectivity index (χ1v) is 21.9. The number of benzene rings is 2. The third kappa shape index (κ3) is 7.92. The molecule has 0 spiro atoms. The Morgan fingerprint density at radius 1 is 1.04 bits per heavy atom. The minimum atomic E-state index is -4.46. The second-order valence-corrected chi connectivity index (χ2v) is 20.0. The van der Waals surface area contributed by atoms with Crippen LogP contribution in [-0.2, 0) is 34.4 Å². The SMILES string of the molecule is C=C[C@@H]1CC1(NC(=O)[C@@H]1C[C@@H](Oc2nc3ccccc3nc2-c2cccs2)CN1C(=O)[C@@H](NS(=O)(=O)c1cccc(F)c1)C(C)(C)C)C(=O)NS(=O)(=O)C1CC1. The number of carbonyl (C=O) groups is 3. The predicted octanol–water partition coefficient (Wildman–Crippen LogP) is 3.91. The maximum Gasteiger partial charge on any atom is 0.259 e. The molecule has 3 fully saturated rings. The van der Waals surface area contributed by atoms with Gasteiger partial charge >= 0.3 is 0 Å². The Bertz CT molecular complexity index is 2440. The van der Waals surface area contributed by atoms with Crippen molar-refractivity contribution in [2.24, 2.45) is 11.3 Å². The van der Waals surface area contributed by atoms with Gasteiger partial charge in [-0.3, -0.25) is 19.1 Å². The van der Waals surface area contributed by atoms with Gasteiger partial charge in [0.15, 0.2) is 0 Å². The number of nitrogens with zero attached hydrogens (tertiary/aromatic N) is 3. The summed E-state index contributed by atoms with van der Waals surface area (Å²) in [5, 5.41) is 3.92. The van der Waals surface area contributed by atoms with E-state index < -0.39 is 88.8 Å². The van der Waals surface area contributed by atoms with Gasteiger partial charge in [0.1, 0.15) is 35.2 Å². The number of hydrogen-bond acceptors (Lipinski definition) is 11. The number of nitrogens with one attached hydrogen (secondary N) is 3. The fraction of sp³-hybridized carbons (Fsp3) is 0.395. The number of rotatable bonds is 13. The Morgan fingerprint density at radius 2 is 1.75 bits per heavy atom. The van der Waals surface area contributed by atoms with E-state index in [4.69, 9.17) is 14.7 Å². The number of ether oxygens (including phenoxy) is 1. The molecule has 1 unspecified atom stereocenters. The molecule has 3 N–H and O–H groups in total. The minimum Gasteiger partial charge on any atom is -0.471 e. The molecule has 56 heavy (non-hydrogen) atoms. The number of aromatic nitrogens is 2. The van der Waals surface area contributed by atoms with Crippen molar-refractivity contribution in [2.75, 3.05) is 6.54 Å². The number of likely N-dealkylation sites (tertiary alicyclic amines) is 1. The lowest BCUT2D eigenvalue weighted by atomic mass is 9.86. The largest absolute Gasteiger partial charge is 0.471 e. The zero-order chi connectivity index (χ0) is 40.2. The minimum absolute atomic E-state index is 0.0732. The fourth-order valence-corrected chi connectivity index (χ4v) is 10.3. The van der Waals surface area contributed by atoms with E-state index in [1.807, 2.05) is 29.6 Å². The van der Waals surface area contributed by atoms with Crippen LogP contribution in [0.4, 0.5) is 4.39 Å². The number of hydrogen-bond donors (Lipinski definition) is 3. The standard InChI is InChI=1S/C38H41FN6O8S3/c1-5-22-20-38(22,36(48)44-55(49,50)25-15-16-25)42-33(46)29-19-24(53-34-31(30-14-9-17-54-30)40-27-12-6-7-13-28(27)41-34)21-45(29)35(47)32(37(2,3)4)43-56(51,52)26-11-8-10-23(39)18-26/h5-14,17-18,22,24-25,29,32,43H,1,15-16,19-21H2,2-4H3,(H,42,46)(H,44,48)/t22-,24-,29+,32-,38?/m1/s1. The highest BCUT2D eigenvalue weighted by molar-refractivity contribution is 7.91. The van der Waals surface area contributed by atoms with Gasteiger partial charge < -0.3 is 15.0 Å². The Balaban J connectivity index is 1.23. The van der Waals surface area contributed by atoms with Crippen molar-refractivity contribution in [3.8, 4) is 16.5 Å². The lowest BCUT2D eigenvalue weighted by Gasteiger charge is -2.35. The Labute approximate surface area is 328 Å². The fourth-order valence-electron chi connectivity index (χ4n) is 6.81. The number of carbonyl (C=O) groups excluding carboxylic acids is 3. The molecule has 4 aromatic rings. The molecule has 296 valence electrons. The molecule has 2 aliphatic carbocycles. The van der Waals surface area contributed by atoms with E-state index in [0.29, 0.717) is 29.6 Å². The molecule has 14 nitrogen and oxygen atoms in total. The maximum absolute atomic E-state index is 14.7. The van der Waals surface area contributed by atoms with Crippen molar-refractivity contribution >= 4 is 60.1 Å². The van der Waals surface area contributed by atoms with Gasteiger partial charge in [0, 0.05) is 12.3 Å². The van der Waals surface area contributed by atoms with Crippen molar-refractivity contribution in [3.05, 3.63) is 84.5 Å². The Morgan fingerprint density at radius 3 is 2.36 bits per heavy atom.